The lowest BCUT2D eigenvalue weighted by atomic mass is 10.1. The Hall–Kier alpha value is -3.94. The topological polar surface area (TPSA) is 86.4 Å². The predicted molar refractivity (Wildman–Crippen MR) is 127 cm³/mol. The number of pyridine rings is 1. The summed E-state index contributed by atoms with van der Waals surface area (Å²) in [5.41, 5.74) is 2.72. The van der Waals surface area contributed by atoms with Crippen LogP contribution in [0.3, 0.4) is 0 Å². The van der Waals surface area contributed by atoms with Crippen molar-refractivity contribution in [3.63, 3.8) is 0 Å². The Morgan fingerprint density at radius 2 is 1.79 bits per heavy atom. The van der Waals surface area contributed by atoms with Gasteiger partial charge in [-0.2, -0.15) is 0 Å². The smallest absolute Gasteiger partial charge is 0.323 e. The quantitative estimate of drug-likeness (QED) is 0.507. The van der Waals surface area contributed by atoms with Crippen LogP contribution in [0.15, 0.2) is 67.0 Å². The number of rotatable bonds is 6. The van der Waals surface area contributed by atoms with Crippen LogP contribution in [0.25, 0.3) is 0 Å². The average molecular weight is 448 g/mol. The summed E-state index contributed by atoms with van der Waals surface area (Å²) in [7, 11) is 0. The number of nitrogens with one attached hydrogen (secondary N) is 3. The highest BCUT2D eigenvalue weighted by Crippen LogP contribution is 2.27. The van der Waals surface area contributed by atoms with Gasteiger partial charge in [-0.25, -0.2) is 9.18 Å². The van der Waals surface area contributed by atoms with Gasteiger partial charge in [-0.3, -0.25) is 9.78 Å². The molecule has 0 radical (unpaired) electrons. The summed E-state index contributed by atoms with van der Waals surface area (Å²) in [5, 5.41) is 8.12. The Bertz CT molecular complexity index is 1120. The third kappa shape index (κ3) is 5.85. The normalized spacial score (nSPS) is 13.3. The molecule has 3 amide bonds. The minimum absolute atomic E-state index is 0.0781. The Morgan fingerprint density at radius 3 is 2.55 bits per heavy atom. The molecular weight excluding hydrogens is 421 g/mol. The van der Waals surface area contributed by atoms with Crippen molar-refractivity contribution in [2.45, 2.75) is 25.8 Å². The van der Waals surface area contributed by atoms with Crippen molar-refractivity contribution in [2.24, 2.45) is 0 Å². The fourth-order valence-electron chi connectivity index (χ4n) is 3.83. The van der Waals surface area contributed by atoms with Crippen LogP contribution in [0.5, 0.6) is 0 Å². The zero-order valence-electron chi connectivity index (χ0n) is 18.2. The minimum Gasteiger partial charge on any atom is -0.371 e. The summed E-state index contributed by atoms with van der Waals surface area (Å²) < 4.78 is 13.8. The van der Waals surface area contributed by atoms with Gasteiger partial charge in [0.25, 0.3) is 5.91 Å². The van der Waals surface area contributed by atoms with E-state index in [4.69, 9.17) is 0 Å². The lowest BCUT2D eigenvalue weighted by Gasteiger charge is -2.30. The highest BCUT2D eigenvalue weighted by molar-refractivity contribution is 6.04. The van der Waals surface area contributed by atoms with Gasteiger partial charge >= 0.3 is 6.03 Å². The maximum absolute atomic E-state index is 13.8. The van der Waals surface area contributed by atoms with Gasteiger partial charge in [0.1, 0.15) is 5.82 Å². The molecule has 4 rings (SSSR count). The molecule has 0 unspecified atom stereocenters. The third-order valence-electron chi connectivity index (χ3n) is 5.49. The van der Waals surface area contributed by atoms with E-state index < -0.39 is 11.8 Å². The van der Waals surface area contributed by atoms with E-state index in [1.165, 1.54) is 18.6 Å². The maximum atomic E-state index is 13.8. The molecule has 1 aliphatic rings. The molecule has 1 aromatic heterocycles. The van der Waals surface area contributed by atoms with Crippen molar-refractivity contribution in [3.8, 4) is 0 Å². The molecule has 3 aromatic rings. The van der Waals surface area contributed by atoms with E-state index in [1.54, 1.807) is 36.7 Å². The summed E-state index contributed by atoms with van der Waals surface area (Å²) in [6, 6.07) is 14.3. The summed E-state index contributed by atoms with van der Waals surface area (Å²) in [6.07, 6.45) is 6.70. The van der Waals surface area contributed by atoms with Crippen LogP contribution < -0.4 is 20.9 Å². The molecule has 1 aliphatic heterocycles. The molecule has 0 saturated carbocycles. The van der Waals surface area contributed by atoms with Crippen molar-refractivity contribution >= 4 is 29.0 Å². The van der Waals surface area contributed by atoms with Gasteiger partial charge in [0.05, 0.1) is 11.3 Å². The summed E-state index contributed by atoms with van der Waals surface area (Å²) >= 11 is 0. The Kier molecular flexibility index (Phi) is 7.14. The second-order valence-corrected chi connectivity index (χ2v) is 7.88. The van der Waals surface area contributed by atoms with Crippen LogP contribution in [0.1, 0.15) is 35.2 Å². The van der Waals surface area contributed by atoms with Gasteiger partial charge in [0.2, 0.25) is 0 Å². The standard InChI is InChI=1S/C25H26FN5O2/c26-21-8-2-3-9-22(21)30-25(33)29-19-10-11-23(31-13-4-1-5-14-31)20(15-19)24(32)28-17-18-7-6-12-27-16-18/h2-3,6-12,15-16H,1,4-5,13-14,17H2,(H,28,32)(H2,29,30,33). The van der Waals surface area contributed by atoms with Crippen molar-refractivity contribution in [1.29, 1.82) is 0 Å². The van der Waals surface area contributed by atoms with E-state index in [9.17, 15) is 14.0 Å². The van der Waals surface area contributed by atoms with Crippen LogP contribution in [0, 0.1) is 5.82 Å². The van der Waals surface area contributed by atoms with E-state index in [2.05, 4.69) is 25.8 Å². The number of hydrogen-bond acceptors (Lipinski definition) is 4. The predicted octanol–water partition coefficient (Wildman–Crippen LogP) is 4.79. The number of piperidine rings is 1. The molecule has 3 N–H and O–H groups in total. The summed E-state index contributed by atoms with van der Waals surface area (Å²) in [6.45, 7) is 2.10. The highest BCUT2D eigenvalue weighted by Gasteiger charge is 2.20. The van der Waals surface area contributed by atoms with Crippen molar-refractivity contribution in [3.05, 3.63) is 83.9 Å². The molecular formula is C25H26FN5O2. The summed E-state index contributed by atoms with van der Waals surface area (Å²) in [4.78, 5) is 31.8. The van der Waals surface area contributed by atoms with E-state index in [0.717, 1.165) is 37.2 Å². The minimum atomic E-state index is -0.590. The number of urea groups is 1. The number of hydrogen-bond donors (Lipinski definition) is 3. The van der Waals surface area contributed by atoms with E-state index in [-0.39, 0.29) is 11.6 Å². The number of anilines is 3. The number of benzene rings is 2. The first-order valence-corrected chi connectivity index (χ1v) is 11.0. The molecule has 0 atom stereocenters. The first kappa shape index (κ1) is 22.3. The molecule has 0 aliphatic carbocycles. The lowest BCUT2D eigenvalue weighted by molar-refractivity contribution is 0.0951. The first-order chi connectivity index (χ1) is 16.1. The van der Waals surface area contributed by atoms with Crippen molar-refractivity contribution in [1.82, 2.24) is 10.3 Å². The molecule has 8 heteroatoms. The van der Waals surface area contributed by atoms with Crippen LogP contribution in [-0.4, -0.2) is 30.0 Å². The molecule has 0 bridgehead atoms. The maximum Gasteiger partial charge on any atom is 0.323 e. The second kappa shape index (κ2) is 10.6. The molecule has 2 heterocycles. The molecule has 33 heavy (non-hydrogen) atoms. The Morgan fingerprint density at radius 1 is 0.970 bits per heavy atom. The number of para-hydroxylation sites is 1. The van der Waals surface area contributed by atoms with Gasteiger partial charge in [0, 0.05) is 43.4 Å². The molecule has 1 saturated heterocycles. The van der Waals surface area contributed by atoms with Gasteiger partial charge < -0.3 is 20.9 Å². The van der Waals surface area contributed by atoms with Gasteiger partial charge in [-0.15, -0.1) is 0 Å². The molecule has 7 nitrogen and oxygen atoms in total. The van der Waals surface area contributed by atoms with Crippen LogP contribution in [0.2, 0.25) is 0 Å². The van der Waals surface area contributed by atoms with Gasteiger partial charge in [-0.05, 0) is 61.2 Å². The molecule has 0 spiro atoms. The summed E-state index contributed by atoms with van der Waals surface area (Å²) in [5.74, 6) is -0.763. The van der Waals surface area contributed by atoms with E-state index in [0.29, 0.717) is 17.8 Å². The average Bonchev–Trinajstić information content (AvgIpc) is 2.85. The van der Waals surface area contributed by atoms with Crippen LogP contribution >= 0.6 is 0 Å². The third-order valence-corrected chi connectivity index (χ3v) is 5.49. The van der Waals surface area contributed by atoms with Crippen molar-refractivity contribution < 1.29 is 14.0 Å². The Labute approximate surface area is 192 Å². The fourth-order valence-corrected chi connectivity index (χ4v) is 3.83. The van der Waals surface area contributed by atoms with Gasteiger partial charge in [0.15, 0.2) is 0 Å². The lowest BCUT2D eigenvalue weighted by Crippen LogP contribution is -2.33. The SMILES string of the molecule is O=C(Nc1ccc(N2CCCCC2)c(C(=O)NCc2cccnc2)c1)Nc1ccccc1F. The number of carbonyl (C=O) groups is 2. The van der Waals surface area contributed by atoms with Crippen LogP contribution in [0.4, 0.5) is 26.2 Å². The number of nitrogens with zero attached hydrogens (tertiary/aromatic N) is 2. The zero-order chi connectivity index (χ0) is 23.0. The van der Waals surface area contributed by atoms with Crippen molar-refractivity contribution in [2.75, 3.05) is 28.6 Å². The molecule has 170 valence electrons. The first-order valence-electron chi connectivity index (χ1n) is 11.0. The second-order valence-electron chi connectivity index (χ2n) is 7.88. The van der Waals surface area contributed by atoms with Crippen LogP contribution in [-0.2, 0) is 6.54 Å². The zero-order valence-corrected chi connectivity index (χ0v) is 18.2. The fraction of sp³-hybridized carbons (Fsp3) is 0.240. The van der Waals surface area contributed by atoms with E-state index in [1.807, 2.05) is 18.2 Å². The molecule has 2 aromatic carbocycles. The number of aromatic nitrogens is 1. The number of halogens is 1. The number of amides is 3. The number of carbonyl (C=O) groups excluding carboxylic acids is 2. The van der Waals surface area contributed by atoms with Gasteiger partial charge in [-0.1, -0.05) is 18.2 Å². The highest BCUT2D eigenvalue weighted by atomic mass is 19.1. The monoisotopic (exact) mass is 447 g/mol. The largest absolute Gasteiger partial charge is 0.371 e. The Balaban J connectivity index is 1.52. The van der Waals surface area contributed by atoms with E-state index >= 15 is 0 Å². The molecule has 1 fully saturated rings.